The lowest BCUT2D eigenvalue weighted by atomic mass is 10.1. The van der Waals surface area contributed by atoms with Gasteiger partial charge in [0, 0.05) is 37.6 Å². The monoisotopic (exact) mass is 245 g/mol. The van der Waals surface area contributed by atoms with E-state index in [4.69, 9.17) is 0 Å². The van der Waals surface area contributed by atoms with Crippen LogP contribution in [0.5, 0.6) is 0 Å². The molecular formula is C14H19N3O. The van der Waals surface area contributed by atoms with Crippen molar-refractivity contribution in [2.45, 2.75) is 19.3 Å². The summed E-state index contributed by atoms with van der Waals surface area (Å²) in [5.41, 5.74) is 7.78. The highest BCUT2D eigenvalue weighted by Gasteiger charge is 2.06. The second-order valence-electron chi connectivity index (χ2n) is 4.43. The fourth-order valence-electron chi connectivity index (χ4n) is 2.27. The van der Waals surface area contributed by atoms with Gasteiger partial charge in [-0.1, -0.05) is 18.2 Å². The van der Waals surface area contributed by atoms with Gasteiger partial charge in [-0.15, -0.1) is 0 Å². The Morgan fingerprint density at radius 1 is 1.33 bits per heavy atom. The molecule has 0 aliphatic rings. The smallest absolute Gasteiger partial charge is 0.234 e. The Hall–Kier alpha value is -1.81. The Bertz CT molecular complexity index is 545. The molecule has 0 saturated heterocycles. The van der Waals surface area contributed by atoms with E-state index >= 15 is 0 Å². The maximum absolute atomic E-state index is 11.3. The molecule has 0 aliphatic carbocycles. The van der Waals surface area contributed by atoms with Gasteiger partial charge >= 0.3 is 0 Å². The molecule has 0 fully saturated rings. The van der Waals surface area contributed by atoms with E-state index in [-0.39, 0.29) is 5.91 Å². The lowest BCUT2D eigenvalue weighted by Gasteiger charge is -2.02. The van der Waals surface area contributed by atoms with Gasteiger partial charge in [0.1, 0.15) is 0 Å². The number of hydrazine groups is 1. The third kappa shape index (κ3) is 2.71. The van der Waals surface area contributed by atoms with Crippen LogP contribution in [-0.2, 0) is 18.3 Å². The van der Waals surface area contributed by atoms with Crippen molar-refractivity contribution in [2.75, 3.05) is 7.05 Å². The number of para-hydroxylation sites is 1. The molecule has 0 saturated carbocycles. The van der Waals surface area contributed by atoms with E-state index < -0.39 is 0 Å². The first kappa shape index (κ1) is 12.6. The zero-order chi connectivity index (χ0) is 13.0. The number of benzene rings is 1. The molecule has 1 amide bonds. The minimum absolute atomic E-state index is 0.0396. The molecule has 4 nitrogen and oxygen atoms in total. The molecule has 4 heteroatoms. The van der Waals surface area contributed by atoms with Crippen LogP contribution < -0.4 is 10.9 Å². The van der Waals surface area contributed by atoms with Crippen molar-refractivity contribution in [1.82, 2.24) is 15.4 Å². The van der Waals surface area contributed by atoms with Crippen LogP contribution in [0, 0.1) is 0 Å². The van der Waals surface area contributed by atoms with Crippen LogP contribution in [-0.4, -0.2) is 17.5 Å². The summed E-state index contributed by atoms with van der Waals surface area (Å²) in [5, 5.41) is 1.29. The largest absolute Gasteiger partial charge is 0.350 e. The lowest BCUT2D eigenvalue weighted by molar-refractivity contribution is -0.122. The Labute approximate surface area is 107 Å². The van der Waals surface area contributed by atoms with Gasteiger partial charge in [-0.2, -0.15) is 0 Å². The van der Waals surface area contributed by atoms with Crippen LogP contribution in [0.3, 0.4) is 0 Å². The zero-order valence-electron chi connectivity index (χ0n) is 10.9. The molecule has 0 radical (unpaired) electrons. The summed E-state index contributed by atoms with van der Waals surface area (Å²) in [6.45, 7) is 0. The van der Waals surface area contributed by atoms with Crippen LogP contribution in [0.2, 0.25) is 0 Å². The Kier molecular flexibility index (Phi) is 3.99. The minimum Gasteiger partial charge on any atom is -0.350 e. The summed E-state index contributed by atoms with van der Waals surface area (Å²) in [7, 11) is 3.75. The molecule has 0 spiro atoms. The molecule has 1 aromatic heterocycles. The third-order valence-electron chi connectivity index (χ3n) is 3.09. The van der Waals surface area contributed by atoms with E-state index in [2.05, 4.69) is 46.9 Å². The molecule has 1 heterocycles. The number of aromatic nitrogens is 1. The van der Waals surface area contributed by atoms with Gasteiger partial charge in [0.2, 0.25) is 5.91 Å². The van der Waals surface area contributed by atoms with Gasteiger partial charge in [0.25, 0.3) is 0 Å². The zero-order valence-corrected chi connectivity index (χ0v) is 10.9. The first-order valence-electron chi connectivity index (χ1n) is 6.21. The maximum Gasteiger partial charge on any atom is 0.234 e. The Morgan fingerprint density at radius 2 is 2.11 bits per heavy atom. The minimum atomic E-state index is 0.0396. The molecule has 0 unspecified atom stereocenters. The number of nitrogens with one attached hydrogen (secondary N) is 2. The molecular weight excluding hydrogens is 226 g/mol. The summed E-state index contributed by atoms with van der Waals surface area (Å²) < 4.78 is 2.14. The normalized spacial score (nSPS) is 10.8. The number of carbonyl (C=O) groups excluding carboxylic acids is 1. The van der Waals surface area contributed by atoms with Crippen LogP contribution in [0.4, 0.5) is 0 Å². The van der Waals surface area contributed by atoms with Crippen molar-refractivity contribution in [3.63, 3.8) is 0 Å². The van der Waals surface area contributed by atoms with Gasteiger partial charge < -0.3 is 4.57 Å². The predicted molar refractivity (Wildman–Crippen MR) is 73.1 cm³/mol. The highest BCUT2D eigenvalue weighted by atomic mass is 16.2. The van der Waals surface area contributed by atoms with E-state index in [0.717, 1.165) is 12.8 Å². The molecule has 0 bridgehead atoms. The van der Waals surface area contributed by atoms with Gasteiger partial charge in [-0.3, -0.25) is 10.2 Å². The predicted octanol–water partition coefficient (Wildman–Crippen LogP) is 1.75. The molecule has 0 atom stereocenters. The molecule has 0 aliphatic heterocycles. The van der Waals surface area contributed by atoms with E-state index in [1.165, 1.54) is 16.5 Å². The van der Waals surface area contributed by atoms with Crippen molar-refractivity contribution in [3.8, 4) is 0 Å². The van der Waals surface area contributed by atoms with Crippen LogP contribution in [0.15, 0.2) is 30.5 Å². The van der Waals surface area contributed by atoms with E-state index in [0.29, 0.717) is 6.42 Å². The highest BCUT2D eigenvalue weighted by Crippen LogP contribution is 2.21. The van der Waals surface area contributed by atoms with Crippen molar-refractivity contribution in [2.24, 2.45) is 7.05 Å². The summed E-state index contributed by atoms with van der Waals surface area (Å²) in [6.07, 6.45) is 4.49. The summed E-state index contributed by atoms with van der Waals surface area (Å²) >= 11 is 0. The Morgan fingerprint density at radius 3 is 2.89 bits per heavy atom. The second kappa shape index (κ2) is 5.69. The average Bonchev–Trinajstić information content (AvgIpc) is 2.68. The quantitative estimate of drug-likeness (QED) is 0.788. The first-order valence-corrected chi connectivity index (χ1v) is 6.21. The number of amides is 1. The van der Waals surface area contributed by atoms with Gasteiger partial charge in [-0.05, 0) is 24.5 Å². The van der Waals surface area contributed by atoms with Gasteiger partial charge in [-0.25, -0.2) is 5.43 Å². The average molecular weight is 245 g/mol. The van der Waals surface area contributed by atoms with Crippen LogP contribution in [0.1, 0.15) is 18.4 Å². The number of rotatable bonds is 5. The fraction of sp³-hybridized carbons (Fsp3) is 0.357. The Balaban J connectivity index is 2.02. The molecule has 18 heavy (non-hydrogen) atoms. The van der Waals surface area contributed by atoms with Crippen molar-refractivity contribution >= 4 is 16.8 Å². The molecule has 2 rings (SSSR count). The summed E-state index contributed by atoms with van der Waals surface area (Å²) in [4.78, 5) is 11.3. The lowest BCUT2D eigenvalue weighted by Crippen LogP contribution is -2.33. The molecule has 96 valence electrons. The van der Waals surface area contributed by atoms with Crippen LogP contribution in [0.25, 0.3) is 10.9 Å². The molecule has 1 aromatic carbocycles. The summed E-state index contributed by atoms with van der Waals surface area (Å²) in [6, 6.07) is 8.36. The number of fused-ring (bicyclic) bond motifs is 1. The van der Waals surface area contributed by atoms with Crippen molar-refractivity contribution < 1.29 is 4.79 Å². The first-order chi connectivity index (χ1) is 8.72. The van der Waals surface area contributed by atoms with Crippen molar-refractivity contribution in [1.29, 1.82) is 0 Å². The number of carbonyl (C=O) groups is 1. The SMILES string of the molecule is CNNC(=O)CCCc1cn(C)c2ccccc12. The standard InChI is InChI=1S/C14H19N3O/c1-15-16-14(18)9-5-6-11-10-17(2)13-8-4-3-7-12(11)13/h3-4,7-8,10,15H,5-6,9H2,1-2H3,(H,16,18). The highest BCUT2D eigenvalue weighted by molar-refractivity contribution is 5.84. The maximum atomic E-state index is 11.3. The van der Waals surface area contributed by atoms with E-state index in [1.54, 1.807) is 7.05 Å². The van der Waals surface area contributed by atoms with Gasteiger partial charge in [0.05, 0.1) is 0 Å². The van der Waals surface area contributed by atoms with E-state index in [9.17, 15) is 4.79 Å². The van der Waals surface area contributed by atoms with E-state index in [1.807, 2.05) is 6.07 Å². The molecule has 2 N–H and O–H groups in total. The number of hydrogen-bond acceptors (Lipinski definition) is 2. The van der Waals surface area contributed by atoms with Crippen molar-refractivity contribution in [3.05, 3.63) is 36.0 Å². The number of nitrogens with zero attached hydrogens (tertiary/aromatic N) is 1. The molecule has 2 aromatic rings. The topological polar surface area (TPSA) is 46.1 Å². The second-order valence-corrected chi connectivity index (χ2v) is 4.43. The summed E-state index contributed by atoms with van der Waals surface area (Å²) in [5.74, 6) is 0.0396. The van der Waals surface area contributed by atoms with Crippen LogP contribution >= 0.6 is 0 Å². The fourth-order valence-corrected chi connectivity index (χ4v) is 2.27. The third-order valence-corrected chi connectivity index (χ3v) is 3.09. The van der Waals surface area contributed by atoms with Gasteiger partial charge in [0.15, 0.2) is 0 Å². The number of aryl methyl sites for hydroxylation is 2. The number of hydrogen-bond donors (Lipinski definition) is 2.